The molecule has 2 N–H and O–H groups in total. The Morgan fingerprint density at radius 1 is 1.21 bits per heavy atom. The number of benzene rings is 2. The molecule has 1 aliphatic rings. The summed E-state index contributed by atoms with van der Waals surface area (Å²) in [6.45, 7) is 3.67. The van der Waals surface area contributed by atoms with Crippen LogP contribution in [0.3, 0.4) is 0 Å². The summed E-state index contributed by atoms with van der Waals surface area (Å²) in [4.78, 5) is 15.9. The van der Waals surface area contributed by atoms with Crippen LogP contribution in [0.2, 0.25) is 0 Å². The molecule has 0 spiro atoms. The lowest BCUT2D eigenvalue weighted by Crippen LogP contribution is -2.37. The van der Waals surface area contributed by atoms with Gasteiger partial charge in [-0.05, 0) is 37.0 Å². The van der Waals surface area contributed by atoms with Crippen molar-refractivity contribution in [2.45, 2.75) is 24.3 Å². The molecule has 2 aromatic rings. The molecule has 1 amide bonds. The van der Waals surface area contributed by atoms with Gasteiger partial charge in [0, 0.05) is 23.7 Å². The molecule has 0 bridgehead atoms. The summed E-state index contributed by atoms with van der Waals surface area (Å²) in [6.07, 6.45) is 1.06. The predicted octanol–water partition coefficient (Wildman–Crippen LogP) is 3.64. The van der Waals surface area contributed by atoms with Crippen LogP contribution in [-0.4, -0.2) is 29.6 Å². The number of aryl methyl sites for hydroxylation is 1. The first kappa shape index (κ1) is 17.1. The molecular weight excluding hydrogens is 316 g/mol. The van der Waals surface area contributed by atoms with Gasteiger partial charge in [-0.25, -0.2) is 0 Å². The second-order valence-electron chi connectivity index (χ2n) is 6.45. The number of hydrogen-bond acceptors (Lipinski definition) is 3. The SMILES string of the molecule is Cc1ccc(C(N)C(=O)N2CCC(CSc3ccccc3)C2)cc1. The molecule has 0 aromatic heterocycles. The Morgan fingerprint density at radius 3 is 2.62 bits per heavy atom. The lowest BCUT2D eigenvalue weighted by molar-refractivity contribution is -0.131. The largest absolute Gasteiger partial charge is 0.341 e. The van der Waals surface area contributed by atoms with Gasteiger partial charge in [-0.3, -0.25) is 4.79 Å². The quantitative estimate of drug-likeness (QED) is 0.845. The van der Waals surface area contributed by atoms with Gasteiger partial charge in [0.15, 0.2) is 0 Å². The van der Waals surface area contributed by atoms with Crippen molar-refractivity contribution in [2.24, 2.45) is 11.7 Å². The van der Waals surface area contributed by atoms with E-state index in [2.05, 4.69) is 24.3 Å². The summed E-state index contributed by atoms with van der Waals surface area (Å²) in [7, 11) is 0. The fourth-order valence-corrected chi connectivity index (χ4v) is 4.06. The molecule has 2 aromatic carbocycles. The average Bonchev–Trinajstić information content (AvgIpc) is 3.09. The maximum Gasteiger partial charge on any atom is 0.244 e. The molecule has 1 aliphatic heterocycles. The standard InChI is InChI=1S/C20H24N2OS/c1-15-7-9-17(10-8-15)19(21)20(23)22-12-11-16(13-22)14-24-18-5-3-2-4-6-18/h2-10,16,19H,11-14,21H2,1H3. The van der Waals surface area contributed by atoms with Gasteiger partial charge in [0.2, 0.25) is 5.91 Å². The molecular formula is C20H24N2OS. The highest BCUT2D eigenvalue weighted by molar-refractivity contribution is 7.99. The number of nitrogens with two attached hydrogens (primary N) is 1. The van der Waals surface area contributed by atoms with Gasteiger partial charge < -0.3 is 10.6 Å². The van der Waals surface area contributed by atoms with Gasteiger partial charge in [0.1, 0.15) is 6.04 Å². The lowest BCUT2D eigenvalue weighted by atomic mass is 10.0. The zero-order valence-electron chi connectivity index (χ0n) is 14.0. The first-order valence-corrected chi connectivity index (χ1v) is 9.41. The smallest absolute Gasteiger partial charge is 0.244 e. The van der Waals surface area contributed by atoms with E-state index in [1.54, 1.807) is 0 Å². The first-order valence-electron chi connectivity index (χ1n) is 8.42. The summed E-state index contributed by atoms with van der Waals surface area (Å²) in [5, 5.41) is 0. The van der Waals surface area contributed by atoms with Crippen LogP contribution < -0.4 is 5.73 Å². The van der Waals surface area contributed by atoms with E-state index >= 15 is 0 Å². The molecule has 0 aliphatic carbocycles. The van der Waals surface area contributed by atoms with Gasteiger partial charge in [0.05, 0.1) is 0 Å². The maximum atomic E-state index is 12.6. The van der Waals surface area contributed by atoms with Crippen LogP contribution in [0.1, 0.15) is 23.6 Å². The Morgan fingerprint density at radius 2 is 1.92 bits per heavy atom. The minimum absolute atomic E-state index is 0.0473. The Kier molecular flexibility index (Phi) is 5.59. The Labute approximate surface area is 148 Å². The summed E-state index contributed by atoms with van der Waals surface area (Å²) in [5.41, 5.74) is 8.26. The first-order chi connectivity index (χ1) is 11.6. The molecule has 1 saturated heterocycles. The van der Waals surface area contributed by atoms with E-state index in [0.717, 1.165) is 30.8 Å². The zero-order valence-corrected chi connectivity index (χ0v) is 14.8. The van der Waals surface area contributed by atoms with Crippen LogP contribution in [0.25, 0.3) is 0 Å². The van der Waals surface area contributed by atoms with E-state index in [1.165, 1.54) is 10.5 Å². The molecule has 24 heavy (non-hydrogen) atoms. The van der Waals surface area contributed by atoms with Crippen LogP contribution in [0.15, 0.2) is 59.5 Å². The lowest BCUT2D eigenvalue weighted by Gasteiger charge is -2.21. The van der Waals surface area contributed by atoms with Crippen LogP contribution in [0.5, 0.6) is 0 Å². The number of thioether (sulfide) groups is 1. The van der Waals surface area contributed by atoms with Gasteiger partial charge in [0.25, 0.3) is 0 Å². The summed E-state index contributed by atoms with van der Waals surface area (Å²) >= 11 is 1.87. The van der Waals surface area contributed by atoms with Crippen molar-refractivity contribution in [3.63, 3.8) is 0 Å². The second-order valence-corrected chi connectivity index (χ2v) is 7.54. The monoisotopic (exact) mass is 340 g/mol. The average molecular weight is 340 g/mol. The van der Waals surface area contributed by atoms with Crippen molar-refractivity contribution in [3.05, 3.63) is 65.7 Å². The molecule has 3 nitrogen and oxygen atoms in total. The topological polar surface area (TPSA) is 46.3 Å². The van der Waals surface area contributed by atoms with E-state index in [4.69, 9.17) is 5.73 Å². The molecule has 4 heteroatoms. The van der Waals surface area contributed by atoms with Gasteiger partial charge >= 0.3 is 0 Å². The van der Waals surface area contributed by atoms with Gasteiger partial charge in [-0.15, -0.1) is 11.8 Å². The van der Waals surface area contributed by atoms with Crippen molar-refractivity contribution in [3.8, 4) is 0 Å². The van der Waals surface area contributed by atoms with E-state index in [1.807, 2.05) is 53.9 Å². The number of hydrogen-bond donors (Lipinski definition) is 1. The van der Waals surface area contributed by atoms with Crippen LogP contribution >= 0.6 is 11.8 Å². The van der Waals surface area contributed by atoms with Crippen molar-refractivity contribution in [1.29, 1.82) is 0 Å². The summed E-state index contributed by atoms with van der Waals surface area (Å²) in [6, 6.07) is 17.8. The minimum Gasteiger partial charge on any atom is -0.341 e. The third-order valence-electron chi connectivity index (χ3n) is 4.53. The van der Waals surface area contributed by atoms with Gasteiger partial charge in [-0.1, -0.05) is 48.0 Å². The fraction of sp³-hybridized carbons (Fsp3) is 0.350. The number of amides is 1. The normalized spacial score (nSPS) is 18.6. The van der Waals surface area contributed by atoms with Gasteiger partial charge in [-0.2, -0.15) is 0 Å². The number of rotatable bonds is 5. The van der Waals surface area contributed by atoms with E-state index in [-0.39, 0.29) is 5.91 Å². The van der Waals surface area contributed by atoms with Crippen molar-refractivity contribution in [1.82, 2.24) is 4.90 Å². The molecule has 0 radical (unpaired) electrons. The van der Waals surface area contributed by atoms with Crippen LogP contribution in [-0.2, 0) is 4.79 Å². The highest BCUT2D eigenvalue weighted by Crippen LogP contribution is 2.27. The van der Waals surface area contributed by atoms with Crippen LogP contribution in [0, 0.1) is 12.8 Å². The van der Waals surface area contributed by atoms with E-state index in [0.29, 0.717) is 5.92 Å². The molecule has 1 heterocycles. The molecule has 3 rings (SSSR count). The number of likely N-dealkylation sites (tertiary alicyclic amines) is 1. The minimum atomic E-state index is -0.550. The molecule has 2 atom stereocenters. The van der Waals surface area contributed by atoms with Crippen LogP contribution in [0.4, 0.5) is 0 Å². The molecule has 126 valence electrons. The number of carbonyl (C=O) groups is 1. The second kappa shape index (κ2) is 7.86. The highest BCUT2D eigenvalue weighted by atomic mass is 32.2. The van der Waals surface area contributed by atoms with E-state index in [9.17, 15) is 4.79 Å². The Hall–Kier alpha value is -1.78. The van der Waals surface area contributed by atoms with E-state index < -0.39 is 6.04 Å². The third-order valence-corrected chi connectivity index (χ3v) is 5.77. The number of carbonyl (C=O) groups excluding carboxylic acids is 1. The Balaban J connectivity index is 1.53. The molecule has 0 saturated carbocycles. The van der Waals surface area contributed by atoms with Crippen molar-refractivity contribution >= 4 is 17.7 Å². The zero-order chi connectivity index (χ0) is 16.9. The van der Waals surface area contributed by atoms with Crippen molar-refractivity contribution in [2.75, 3.05) is 18.8 Å². The third kappa shape index (κ3) is 4.19. The number of nitrogens with zero attached hydrogens (tertiary/aromatic N) is 1. The summed E-state index contributed by atoms with van der Waals surface area (Å²) in [5.74, 6) is 1.64. The summed E-state index contributed by atoms with van der Waals surface area (Å²) < 4.78 is 0. The fourth-order valence-electron chi connectivity index (χ4n) is 3.01. The Bertz CT molecular complexity index is 672. The maximum absolute atomic E-state index is 12.6. The molecule has 1 fully saturated rings. The van der Waals surface area contributed by atoms with Crippen molar-refractivity contribution < 1.29 is 4.79 Å². The predicted molar refractivity (Wildman–Crippen MR) is 100.0 cm³/mol. The molecule has 2 unspecified atom stereocenters. The highest BCUT2D eigenvalue weighted by Gasteiger charge is 2.29.